The standard InChI is InChI=1S/C12H17ClN2O/c13-11-6-1-7-12(14-11)15-8-2-4-10(15)5-3-9-16/h1,6-7,10,16H,2-5,8-9H2. The molecule has 1 aromatic heterocycles. The third-order valence-electron chi connectivity index (χ3n) is 3.07. The van der Waals surface area contributed by atoms with Gasteiger partial charge in [0, 0.05) is 19.2 Å². The number of hydrogen-bond donors (Lipinski definition) is 1. The van der Waals surface area contributed by atoms with Crippen LogP contribution in [-0.2, 0) is 0 Å². The molecule has 1 aromatic rings. The van der Waals surface area contributed by atoms with Gasteiger partial charge in [-0.1, -0.05) is 17.7 Å². The fraction of sp³-hybridized carbons (Fsp3) is 0.583. The van der Waals surface area contributed by atoms with Crippen LogP contribution >= 0.6 is 11.6 Å². The summed E-state index contributed by atoms with van der Waals surface area (Å²) in [4.78, 5) is 6.65. The van der Waals surface area contributed by atoms with E-state index in [-0.39, 0.29) is 6.61 Å². The lowest BCUT2D eigenvalue weighted by atomic mass is 10.1. The minimum atomic E-state index is 0.271. The molecule has 0 aromatic carbocycles. The van der Waals surface area contributed by atoms with Gasteiger partial charge in [-0.05, 0) is 37.8 Å². The summed E-state index contributed by atoms with van der Waals surface area (Å²) in [5.41, 5.74) is 0. The first-order chi connectivity index (χ1) is 7.81. The molecule has 0 bridgehead atoms. The first-order valence-corrected chi connectivity index (χ1v) is 6.19. The van der Waals surface area contributed by atoms with Gasteiger partial charge in [0.05, 0.1) is 0 Å². The second kappa shape index (κ2) is 5.51. The van der Waals surface area contributed by atoms with E-state index in [0.29, 0.717) is 11.2 Å². The minimum absolute atomic E-state index is 0.271. The van der Waals surface area contributed by atoms with Gasteiger partial charge in [-0.15, -0.1) is 0 Å². The molecule has 1 saturated heterocycles. The maximum atomic E-state index is 8.87. The first kappa shape index (κ1) is 11.7. The van der Waals surface area contributed by atoms with E-state index in [0.717, 1.165) is 25.2 Å². The molecule has 0 saturated carbocycles. The van der Waals surface area contributed by atoms with E-state index in [1.165, 1.54) is 12.8 Å². The Labute approximate surface area is 101 Å². The van der Waals surface area contributed by atoms with Crippen molar-refractivity contribution in [3.8, 4) is 0 Å². The highest BCUT2D eigenvalue weighted by Crippen LogP contribution is 2.27. The van der Waals surface area contributed by atoms with Gasteiger partial charge in [0.2, 0.25) is 0 Å². The molecule has 1 N–H and O–H groups in total. The SMILES string of the molecule is OCCCC1CCCN1c1cccc(Cl)n1. The molecule has 4 heteroatoms. The number of pyridine rings is 1. The lowest BCUT2D eigenvalue weighted by molar-refractivity contribution is 0.279. The van der Waals surface area contributed by atoms with Crippen molar-refractivity contribution >= 4 is 17.4 Å². The predicted molar refractivity (Wildman–Crippen MR) is 65.9 cm³/mol. The maximum absolute atomic E-state index is 8.87. The third-order valence-corrected chi connectivity index (χ3v) is 3.28. The van der Waals surface area contributed by atoms with Crippen molar-refractivity contribution in [2.24, 2.45) is 0 Å². The number of nitrogens with zero attached hydrogens (tertiary/aromatic N) is 2. The average Bonchev–Trinajstić information content (AvgIpc) is 2.74. The molecule has 0 spiro atoms. The Balaban J connectivity index is 2.07. The van der Waals surface area contributed by atoms with E-state index in [9.17, 15) is 0 Å². The van der Waals surface area contributed by atoms with Crippen LogP contribution in [0.4, 0.5) is 5.82 Å². The second-order valence-electron chi connectivity index (χ2n) is 4.17. The van der Waals surface area contributed by atoms with Gasteiger partial charge in [-0.2, -0.15) is 0 Å². The smallest absolute Gasteiger partial charge is 0.131 e. The molecule has 0 aliphatic carbocycles. The van der Waals surface area contributed by atoms with Gasteiger partial charge in [-0.25, -0.2) is 4.98 Å². The highest BCUT2D eigenvalue weighted by molar-refractivity contribution is 6.29. The second-order valence-corrected chi connectivity index (χ2v) is 4.56. The summed E-state index contributed by atoms with van der Waals surface area (Å²) in [5.74, 6) is 0.966. The topological polar surface area (TPSA) is 36.4 Å². The zero-order chi connectivity index (χ0) is 11.4. The lowest BCUT2D eigenvalue weighted by Crippen LogP contribution is -2.30. The molecule has 3 nitrogen and oxygen atoms in total. The Morgan fingerprint density at radius 3 is 3.12 bits per heavy atom. The molecule has 1 unspecified atom stereocenters. The normalized spacial score (nSPS) is 20.4. The van der Waals surface area contributed by atoms with Crippen LogP contribution in [-0.4, -0.2) is 29.3 Å². The van der Waals surface area contributed by atoms with Gasteiger partial charge in [0.25, 0.3) is 0 Å². The Morgan fingerprint density at radius 1 is 1.50 bits per heavy atom. The van der Waals surface area contributed by atoms with Gasteiger partial charge < -0.3 is 10.0 Å². The van der Waals surface area contributed by atoms with Crippen LogP contribution in [0.25, 0.3) is 0 Å². The van der Waals surface area contributed by atoms with E-state index in [4.69, 9.17) is 16.7 Å². The summed E-state index contributed by atoms with van der Waals surface area (Å²) < 4.78 is 0. The van der Waals surface area contributed by atoms with E-state index in [1.54, 1.807) is 6.07 Å². The molecule has 1 aliphatic heterocycles. The summed E-state index contributed by atoms with van der Waals surface area (Å²) in [6, 6.07) is 6.25. The number of rotatable bonds is 4. The summed E-state index contributed by atoms with van der Waals surface area (Å²) in [5, 5.41) is 9.42. The van der Waals surface area contributed by atoms with Crippen LogP contribution in [0.3, 0.4) is 0 Å². The minimum Gasteiger partial charge on any atom is -0.396 e. The molecule has 88 valence electrons. The van der Waals surface area contributed by atoms with Crippen LogP contribution in [0.5, 0.6) is 0 Å². The Morgan fingerprint density at radius 2 is 2.38 bits per heavy atom. The molecule has 1 fully saturated rings. The molecule has 2 rings (SSSR count). The van der Waals surface area contributed by atoms with Crippen LogP contribution in [0.15, 0.2) is 18.2 Å². The van der Waals surface area contributed by atoms with Gasteiger partial charge in [-0.3, -0.25) is 0 Å². The number of aliphatic hydroxyl groups is 1. The monoisotopic (exact) mass is 240 g/mol. The van der Waals surface area contributed by atoms with E-state index in [2.05, 4.69) is 9.88 Å². The molecule has 1 atom stereocenters. The average molecular weight is 241 g/mol. The lowest BCUT2D eigenvalue weighted by Gasteiger charge is -2.25. The highest BCUT2D eigenvalue weighted by atomic mass is 35.5. The Bertz CT molecular complexity index is 346. The Kier molecular flexibility index (Phi) is 4.02. The summed E-state index contributed by atoms with van der Waals surface area (Å²) >= 11 is 5.90. The number of aliphatic hydroxyl groups excluding tert-OH is 1. The quantitative estimate of drug-likeness (QED) is 0.822. The number of hydrogen-bond acceptors (Lipinski definition) is 3. The van der Waals surface area contributed by atoms with Crippen LogP contribution in [0.1, 0.15) is 25.7 Å². The first-order valence-electron chi connectivity index (χ1n) is 5.81. The molecular weight excluding hydrogens is 224 g/mol. The molecular formula is C12H17ClN2O. The molecule has 0 radical (unpaired) electrons. The number of aromatic nitrogens is 1. The zero-order valence-corrected chi connectivity index (χ0v) is 10.0. The van der Waals surface area contributed by atoms with Crippen molar-refractivity contribution < 1.29 is 5.11 Å². The predicted octanol–water partition coefficient (Wildman–Crippen LogP) is 2.48. The van der Waals surface area contributed by atoms with Gasteiger partial charge in [0.15, 0.2) is 0 Å². The van der Waals surface area contributed by atoms with Crippen molar-refractivity contribution in [1.29, 1.82) is 0 Å². The van der Waals surface area contributed by atoms with Crippen molar-refractivity contribution in [1.82, 2.24) is 4.98 Å². The number of halogens is 1. The maximum Gasteiger partial charge on any atom is 0.131 e. The molecule has 0 amide bonds. The van der Waals surface area contributed by atoms with Crippen molar-refractivity contribution in [2.45, 2.75) is 31.7 Å². The fourth-order valence-corrected chi connectivity index (χ4v) is 2.48. The highest BCUT2D eigenvalue weighted by Gasteiger charge is 2.24. The molecule has 16 heavy (non-hydrogen) atoms. The Hall–Kier alpha value is -0.800. The van der Waals surface area contributed by atoms with Crippen molar-refractivity contribution in [2.75, 3.05) is 18.1 Å². The third kappa shape index (κ3) is 2.66. The van der Waals surface area contributed by atoms with Crippen LogP contribution < -0.4 is 4.90 Å². The van der Waals surface area contributed by atoms with Crippen LogP contribution in [0.2, 0.25) is 5.15 Å². The van der Waals surface area contributed by atoms with Gasteiger partial charge >= 0.3 is 0 Å². The largest absolute Gasteiger partial charge is 0.396 e. The summed E-state index contributed by atoms with van der Waals surface area (Å²) in [7, 11) is 0. The van der Waals surface area contributed by atoms with E-state index < -0.39 is 0 Å². The van der Waals surface area contributed by atoms with Crippen molar-refractivity contribution in [3.05, 3.63) is 23.4 Å². The summed E-state index contributed by atoms with van der Waals surface area (Å²) in [6.45, 7) is 1.32. The summed E-state index contributed by atoms with van der Waals surface area (Å²) in [6.07, 6.45) is 4.28. The van der Waals surface area contributed by atoms with E-state index >= 15 is 0 Å². The van der Waals surface area contributed by atoms with E-state index in [1.807, 2.05) is 12.1 Å². The van der Waals surface area contributed by atoms with Crippen molar-refractivity contribution in [3.63, 3.8) is 0 Å². The fourth-order valence-electron chi connectivity index (χ4n) is 2.32. The zero-order valence-electron chi connectivity index (χ0n) is 9.27. The molecule has 2 heterocycles. The molecule has 1 aliphatic rings. The van der Waals surface area contributed by atoms with Gasteiger partial charge in [0.1, 0.15) is 11.0 Å². The van der Waals surface area contributed by atoms with Crippen LogP contribution in [0, 0.1) is 0 Å². The number of anilines is 1.